The number of thioether (sulfide) groups is 1. The molecule has 3 heterocycles. The Morgan fingerprint density at radius 3 is 2.75 bits per heavy atom. The first-order chi connectivity index (χ1) is 11.8. The van der Waals surface area contributed by atoms with Crippen LogP contribution in [-0.4, -0.2) is 44.3 Å². The summed E-state index contributed by atoms with van der Waals surface area (Å²) in [6.07, 6.45) is 5.56. The zero-order valence-corrected chi connectivity index (χ0v) is 14.5. The SMILES string of the molecule is Clc1ccccc1-n1cc(-c2ccnc(N3CCSCC3)n2)cn1. The fraction of sp³-hybridized carbons (Fsp3) is 0.235. The first kappa shape index (κ1) is 15.5. The number of aromatic nitrogens is 4. The second-order valence-corrected chi connectivity index (χ2v) is 7.10. The Morgan fingerprint density at radius 2 is 1.92 bits per heavy atom. The fourth-order valence-electron chi connectivity index (χ4n) is 2.65. The first-order valence-electron chi connectivity index (χ1n) is 7.77. The average molecular weight is 358 g/mol. The molecule has 0 saturated carbocycles. The summed E-state index contributed by atoms with van der Waals surface area (Å²) >= 11 is 8.22. The van der Waals surface area contributed by atoms with Gasteiger partial charge in [-0.25, -0.2) is 14.6 Å². The van der Waals surface area contributed by atoms with Crippen LogP contribution in [0.1, 0.15) is 0 Å². The van der Waals surface area contributed by atoms with Crippen molar-refractivity contribution in [2.24, 2.45) is 0 Å². The van der Waals surface area contributed by atoms with Gasteiger partial charge in [-0.05, 0) is 18.2 Å². The molecule has 2 aromatic heterocycles. The quantitative estimate of drug-likeness (QED) is 0.717. The molecular formula is C17H16ClN5S. The number of hydrogen-bond donors (Lipinski definition) is 0. The molecule has 1 aromatic carbocycles. The van der Waals surface area contributed by atoms with Crippen LogP contribution >= 0.6 is 23.4 Å². The molecule has 0 spiro atoms. The van der Waals surface area contributed by atoms with E-state index in [2.05, 4.69) is 15.0 Å². The van der Waals surface area contributed by atoms with Gasteiger partial charge < -0.3 is 4.90 Å². The second kappa shape index (κ2) is 6.83. The molecule has 0 aliphatic carbocycles. The summed E-state index contributed by atoms with van der Waals surface area (Å²) in [6.45, 7) is 1.99. The highest BCUT2D eigenvalue weighted by Gasteiger charge is 2.15. The lowest BCUT2D eigenvalue weighted by Crippen LogP contribution is -2.33. The molecule has 4 rings (SSSR count). The van der Waals surface area contributed by atoms with Crippen LogP contribution in [0, 0.1) is 0 Å². The summed E-state index contributed by atoms with van der Waals surface area (Å²) in [5.74, 6) is 3.04. The third-order valence-corrected chi connectivity index (χ3v) is 5.18. The van der Waals surface area contributed by atoms with Crippen molar-refractivity contribution < 1.29 is 0 Å². The fourth-order valence-corrected chi connectivity index (χ4v) is 3.77. The van der Waals surface area contributed by atoms with Gasteiger partial charge in [0.05, 0.1) is 22.6 Å². The molecule has 0 atom stereocenters. The highest BCUT2D eigenvalue weighted by Crippen LogP contribution is 2.24. The van der Waals surface area contributed by atoms with E-state index in [0.717, 1.165) is 47.5 Å². The zero-order valence-electron chi connectivity index (χ0n) is 13.0. The third kappa shape index (κ3) is 3.12. The van der Waals surface area contributed by atoms with Crippen molar-refractivity contribution in [3.05, 3.63) is 53.9 Å². The Bertz CT molecular complexity index is 844. The number of rotatable bonds is 3. The molecule has 0 N–H and O–H groups in total. The van der Waals surface area contributed by atoms with Gasteiger partial charge in [-0.3, -0.25) is 0 Å². The van der Waals surface area contributed by atoms with Gasteiger partial charge in [-0.1, -0.05) is 23.7 Å². The Kier molecular flexibility index (Phi) is 4.40. The van der Waals surface area contributed by atoms with Crippen LogP contribution in [0.3, 0.4) is 0 Å². The van der Waals surface area contributed by atoms with E-state index in [0.29, 0.717) is 5.02 Å². The highest BCUT2D eigenvalue weighted by atomic mass is 35.5. The van der Waals surface area contributed by atoms with Crippen molar-refractivity contribution >= 4 is 29.3 Å². The number of hydrogen-bond acceptors (Lipinski definition) is 5. The maximum atomic E-state index is 6.25. The van der Waals surface area contributed by atoms with Gasteiger partial charge in [0, 0.05) is 42.6 Å². The third-order valence-electron chi connectivity index (χ3n) is 3.91. The molecule has 1 aliphatic rings. The van der Waals surface area contributed by atoms with Crippen molar-refractivity contribution in [1.29, 1.82) is 0 Å². The maximum Gasteiger partial charge on any atom is 0.225 e. The van der Waals surface area contributed by atoms with E-state index in [-0.39, 0.29) is 0 Å². The van der Waals surface area contributed by atoms with Crippen LogP contribution in [-0.2, 0) is 0 Å². The van der Waals surface area contributed by atoms with Crippen LogP contribution in [0.4, 0.5) is 5.95 Å². The molecule has 0 bridgehead atoms. The molecule has 1 saturated heterocycles. The molecule has 1 fully saturated rings. The summed E-state index contributed by atoms with van der Waals surface area (Å²) in [7, 11) is 0. The number of halogens is 1. The van der Waals surface area contributed by atoms with Gasteiger partial charge in [0.25, 0.3) is 0 Å². The molecule has 0 radical (unpaired) electrons. The highest BCUT2D eigenvalue weighted by molar-refractivity contribution is 7.99. The summed E-state index contributed by atoms with van der Waals surface area (Å²) < 4.78 is 1.77. The monoisotopic (exact) mass is 357 g/mol. The van der Waals surface area contributed by atoms with Gasteiger partial charge >= 0.3 is 0 Å². The van der Waals surface area contributed by atoms with E-state index in [9.17, 15) is 0 Å². The predicted octanol–water partition coefficient (Wildman–Crippen LogP) is 3.54. The van der Waals surface area contributed by atoms with E-state index in [1.165, 1.54) is 0 Å². The van der Waals surface area contributed by atoms with Crippen molar-refractivity contribution in [1.82, 2.24) is 19.7 Å². The molecule has 5 nitrogen and oxygen atoms in total. The normalized spacial score (nSPS) is 14.8. The Morgan fingerprint density at radius 1 is 1.08 bits per heavy atom. The van der Waals surface area contributed by atoms with Crippen molar-refractivity contribution in [2.45, 2.75) is 0 Å². The molecule has 3 aromatic rings. The van der Waals surface area contributed by atoms with E-state index in [1.807, 2.05) is 60.7 Å². The van der Waals surface area contributed by atoms with Crippen LogP contribution in [0.5, 0.6) is 0 Å². The van der Waals surface area contributed by atoms with E-state index >= 15 is 0 Å². The Balaban J connectivity index is 1.64. The molecule has 122 valence electrons. The lowest BCUT2D eigenvalue weighted by Gasteiger charge is -2.26. The van der Waals surface area contributed by atoms with Gasteiger partial charge in [0.2, 0.25) is 5.95 Å². The standard InChI is InChI=1S/C17H16ClN5S/c18-14-3-1-2-4-16(14)23-12-13(11-20-23)15-5-6-19-17(21-15)22-7-9-24-10-8-22/h1-6,11-12H,7-10H2. The Hall–Kier alpha value is -2.05. The summed E-state index contributed by atoms with van der Waals surface area (Å²) in [6, 6.07) is 9.56. The zero-order chi connectivity index (χ0) is 16.4. The maximum absolute atomic E-state index is 6.25. The van der Waals surface area contributed by atoms with Crippen LogP contribution in [0.25, 0.3) is 16.9 Å². The minimum atomic E-state index is 0.668. The van der Waals surface area contributed by atoms with Crippen molar-refractivity contribution in [2.75, 3.05) is 29.5 Å². The van der Waals surface area contributed by atoms with Crippen LogP contribution < -0.4 is 4.90 Å². The smallest absolute Gasteiger partial charge is 0.225 e. The number of nitrogens with zero attached hydrogens (tertiary/aromatic N) is 5. The van der Waals surface area contributed by atoms with Gasteiger partial charge in [0.15, 0.2) is 0 Å². The Labute approximate surface area is 149 Å². The lowest BCUT2D eigenvalue weighted by atomic mass is 10.2. The second-order valence-electron chi connectivity index (χ2n) is 5.47. The average Bonchev–Trinajstić information content (AvgIpc) is 3.13. The van der Waals surface area contributed by atoms with Crippen molar-refractivity contribution in [3.8, 4) is 16.9 Å². The minimum Gasteiger partial charge on any atom is -0.339 e. The molecule has 7 heteroatoms. The van der Waals surface area contributed by atoms with E-state index in [1.54, 1.807) is 4.68 Å². The molecule has 24 heavy (non-hydrogen) atoms. The molecular weight excluding hydrogens is 342 g/mol. The van der Waals surface area contributed by atoms with Gasteiger partial charge in [0.1, 0.15) is 0 Å². The van der Waals surface area contributed by atoms with Gasteiger partial charge in [-0.2, -0.15) is 16.9 Å². The van der Waals surface area contributed by atoms with Gasteiger partial charge in [-0.15, -0.1) is 0 Å². The number of para-hydroxylation sites is 1. The topological polar surface area (TPSA) is 46.8 Å². The minimum absolute atomic E-state index is 0.668. The van der Waals surface area contributed by atoms with E-state index in [4.69, 9.17) is 16.6 Å². The number of anilines is 1. The summed E-state index contributed by atoms with van der Waals surface area (Å²) in [5, 5.41) is 5.09. The van der Waals surface area contributed by atoms with E-state index < -0.39 is 0 Å². The number of benzene rings is 1. The van der Waals surface area contributed by atoms with Crippen molar-refractivity contribution in [3.63, 3.8) is 0 Å². The van der Waals surface area contributed by atoms with Crippen LogP contribution in [0.15, 0.2) is 48.9 Å². The largest absolute Gasteiger partial charge is 0.339 e. The van der Waals surface area contributed by atoms with Crippen LogP contribution in [0.2, 0.25) is 5.02 Å². The summed E-state index contributed by atoms with van der Waals surface area (Å²) in [5.41, 5.74) is 2.68. The summed E-state index contributed by atoms with van der Waals surface area (Å²) in [4.78, 5) is 11.4. The predicted molar refractivity (Wildman–Crippen MR) is 99.1 cm³/mol. The molecule has 0 amide bonds. The molecule has 1 aliphatic heterocycles. The molecule has 0 unspecified atom stereocenters. The first-order valence-corrected chi connectivity index (χ1v) is 9.30. The lowest BCUT2D eigenvalue weighted by molar-refractivity contribution is 0.816.